The number of ether oxygens (including phenoxy) is 1. The molecule has 0 amide bonds. The summed E-state index contributed by atoms with van der Waals surface area (Å²) in [4.78, 5) is 1.57. The summed E-state index contributed by atoms with van der Waals surface area (Å²) in [6.07, 6.45) is 7.02. The van der Waals surface area contributed by atoms with Gasteiger partial charge in [-0.1, -0.05) is 12.8 Å². The van der Waals surface area contributed by atoms with E-state index in [9.17, 15) is 0 Å². The van der Waals surface area contributed by atoms with Crippen molar-refractivity contribution < 1.29 is 4.74 Å². The Balaban J connectivity index is 1.67. The third-order valence-corrected chi connectivity index (χ3v) is 2.50. The van der Waals surface area contributed by atoms with E-state index in [0.29, 0.717) is 25.1 Å². The fourth-order valence-corrected chi connectivity index (χ4v) is 1.77. The molecule has 14 heavy (non-hydrogen) atoms. The zero-order valence-electron chi connectivity index (χ0n) is 8.22. The van der Waals surface area contributed by atoms with E-state index in [4.69, 9.17) is 10.5 Å². The Bertz CT molecular complexity index is 280. The molecular formula is C9H16N4O. The summed E-state index contributed by atoms with van der Waals surface area (Å²) in [6.45, 7) is 1.37. The average molecular weight is 196 g/mol. The van der Waals surface area contributed by atoms with Crippen molar-refractivity contribution >= 4 is 5.82 Å². The lowest BCUT2D eigenvalue weighted by atomic mass is 10.3. The van der Waals surface area contributed by atoms with Gasteiger partial charge in [0.2, 0.25) is 0 Å². The molecule has 0 spiro atoms. The Morgan fingerprint density at radius 1 is 1.50 bits per heavy atom. The molecule has 78 valence electrons. The molecule has 1 heterocycles. The smallest absolute Gasteiger partial charge is 0.165 e. The van der Waals surface area contributed by atoms with Gasteiger partial charge in [0, 0.05) is 0 Å². The predicted octanol–water partition coefficient (Wildman–Crippen LogP) is 0.819. The molecular weight excluding hydrogens is 180 g/mol. The van der Waals surface area contributed by atoms with Crippen molar-refractivity contribution in [2.24, 2.45) is 0 Å². The molecule has 0 aliphatic heterocycles. The molecule has 2 rings (SSSR count). The first-order valence-electron chi connectivity index (χ1n) is 5.12. The first kappa shape index (κ1) is 9.45. The number of anilines is 1. The average Bonchev–Trinajstić information content (AvgIpc) is 2.77. The van der Waals surface area contributed by atoms with E-state index in [0.717, 1.165) is 0 Å². The summed E-state index contributed by atoms with van der Waals surface area (Å²) < 4.78 is 5.67. The molecule has 0 bridgehead atoms. The van der Waals surface area contributed by atoms with E-state index >= 15 is 0 Å². The van der Waals surface area contributed by atoms with Crippen LogP contribution in [0, 0.1) is 0 Å². The van der Waals surface area contributed by atoms with E-state index in [1.165, 1.54) is 25.7 Å². The van der Waals surface area contributed by atoms with Crippen LogP contribution in [0.15, 0.2) is 6.20 Å². The van der Waals surface area contributed by atoms with Gasteiger partial charge >= 0.3 is 0 Å². The monoisotopic (exact) mass is 196 g/mol. The summed E-state index contributed by atoms with van der Waals surface area (Å²) in [5.74, 6) is 0.464. The highest BCUT2D eigenvalue weighted by molar-refractivity contribution is 5.19. The topological polar surface area (TPSA) is 66.0 Å². The van der Waals surface area contributed by atoms with Crippen molar-refractivity contribution in [1.29, 1.82) is 0 Å². The van der Waals surface area contributed by atoms with Gasteiger partial charge in [-0.3, -0.25) is 0 Å². The number of hydrogen-bond donors (Lipinski definition) is 1. The van der Waals surface area contributed by atoms with Gasteiger partial charge in [-0.05, 0) is 12.8 Å². The van der Waals surface area contributed by atoms with Crippen molar-refractivity contribution in [1.82, 2.24) is 15.0 Å². The van der Waals surface area contributed by atoms with Gasteiger partial charge in [-0.2, -0.15) is 9.90 Å². The molecule has 1 aliphatic carbocycles. The van der Waals surface area contributed by atoms with Gasteiger partial charge in [0.05, 0.1) is 25.5 Å². The maximum absolute atomic E-state index is 5.67. The van der Waals surface area contributed by atoms with Gasteiger partial charge in [0.25, 0.3) is 0 Å². The second-order valence-corrected chi connectivity index (χ2v) is 3.64. The van der Waals surface area contributed by atoms with Crippen LogP contribution in [0.5, 0.6) is 0 Å². The fourth-order valence-electron chi connectivity index (χ4n) is 1.77. The Hall–Kier alpha value is -1.10. The minimum atomic E-state index is 0.461. The molecule has 2 N–H and O–H groups in total. The second kappa shape index (κ2) is 4.41. The maximum Gasteiger partial charge on any atom is 0.165 e. The Kier molecular flexibility index (Phi) is 2.98. The molecule has 0 atom stereocenters. The normalized spacial score (nSPS) is 17.7. The summed E-state index contributed by atoms with van der Waals surface area (Å²) in [5, 5.41) is 7.96. The van der Waals surface area contributed by atoms with Gasteiger partial charge in [-0.25, -0.2) is 0 Å². The van der Waals surface area contributed by atoms with E-state index in [2.05, 4.69) is 10.2 Å². The highest BCUT2D eigenvalue weighted by Gasteiger charge is 2.14. The number of rotatable bonds is 4. The van der Waals surface area contributed by atoms with Gasteiger partial charge in [0.1, 0.15) is 0 Å². The molecule has 5 heteroatoms. The third-order valence-electron chi connectivity index (χ3n) is 2.50. The number of nitrogens with zero attached hydrogens (tertiary/aromatic N) is 3. The van der Waals surface area contributed by atoms with Crippen molar-refractivity contribution in [3.63, 3.8) is 0 Å². The number of nitrogen functional groups attached to an aromatic ring is 1. The van der Waals surface area contributed by atoms with E-state index in [1.54, 1.807) is 11.0 Å². The molecule has 0 radical (unpaired) electrons. The summed E-state index contributed by atoms with van der Waals surface area (Å²) in [5.41, 5.74) is 5.44. The predicted molar refractivity (Wildman–Crippen MR) is 52.6 cm³/mol. The van der Waals surface area contributed by atoms with Crippen LogP contribution < -0.4 is 5.73 Å². The quantitative estimate of drug-likeness (QED) is 0.774. The van der Waals surface area contributed by atoms with E-state index < -0.39 is 0 Å². The van der Waals surface area contributed by atoms with Crippen molar-refractivity contribution in [2.45, 2.75) is 38.3 Å². The van der Waals surface area contributed by atoms with Gasteiger partial charge in [-0.15, -0.1) is 5.10 Å². The van der Waals surface area contributed by atoms with Crippen LogP contribution in [0.1, 0.15) is 25.7 Å². The number of nitrogens with two attached hydrogens (primary N) is 1. The summed E-state index contributed by atoms with van der Waals surface area (Å²) in [7, 11) is 0. The molecule has 0 aromatic carbocycles. The molecule has 1 aromatic rings. The molecule has 1 fully saturated rings. The largest absolute Gasteiger partial charge is 0.381 e. The van der Waals surface area contributed by atoms with Crippen molar-refractivity contribution in [2.75, 3.05) is 12.3 Å². The first-order chi connectivity index (χ1) is 6.84. The minimum absolute atomic E-state index is 0.461. The lowest BCUT2D eigenvalue weighted by molar-refractivity contribution is 0.0496. The molecule has 5 nitrogen and oxygen atoms in total. The van der Waals surface area contributed by atoms with E-state index in [-0.39, 0.29) is 0 Å². The van der Waals surface area contributed by atoms with Crippen molar-refractivity contribution in [3.8, 4) is 0 Å². The third kappa shape index (κ3) is 2.45. The van der Waals surface area contributed by atoms with Crippen molar-refractivity contribution in [3.05, 3.63) is 6.20 Å². The maximum atomic E-state index is 5.67. The first-order valence-corrected chi connectivity index (χ1v) is 5.12. The van der Waals surface area contributed by atoms with Crippen LogP contribution >= 0.6 is 0 Å². The standard InChI is InChI=1S/C9H16N4O/c10-9-7-11-13(12-9)5-6-14-8-3-1-2-4-8/h7-8H,1-6H2,(H2,10,12). The zero-order chi connectivity index (χ0) is 9.80. The Morgan fingerprint density at radius 3 is 2.93 bits per heavy atom. The van der Waals surface area contributed by atoms with Gasteiger partial charge in [0.15, 0.2) is 5.82 Å². The van der Waals surface area contributed by atoms with E-state index in [1.807, 2.05) is 0 Å². The highest BCUT2D eigenvalue weighted by Crippen LogP contribution is 2.20. The van der Waals surface area contributed by atoms with Crippen LogP contribution in [-0.2, 0) is 11.3 Å². The minimum Gasteiger partial charge on any atom is -0.381 e. The van der Waals surface area contributed by atoms with Crippen LogP contribution in [0.3, 0.4) is 0 Å². The molecule has 1 aliphatic rings. The molecule has 0 unspecified atom stereocenters. The van der Waals surface area contributed by atoms with Gasteiger partial charge < -0.3 is 10.5 Å². The van der Waals surface area contributed by atoms with Crippen LogP contribution in [0.2, 0.25) is 0 Å². The second-order valence-electron chi connectivity index (χ2n) is 3.64. The Labute approximate surface area is 83.2 Å². The van der Waals surface area contributed by atoms with Crippen LogP contribution in [0.4, 0.5) is 5.82 Å². The zero-order valence-corrected chi connectivity index (χ0v) is 8.22. The van der Waals surface area contributed by atoms with Crippen LogP contribution in [0.25, 0.3) is 0 Å². The molecule has 0 saturated heterocycles. The van der Waals surface area contributed by atoms with Crippen LogP contribution in [-0.4, -0.2) is 27.7 Å². The summed E-state index contributed by atoms with van der Waals surface area (Å²) in [6, 6.07) is 0. The fraction of sp³-hybridized carbons (Fsp3) is 0.778. The number of hydrogen-bond acceptors (Lipinski definition) is 4. The Morgan fingerprint density at radius 2 is 2.29 bits per heavy atom. The lowest BCUT2D eigenvalue weighted by Gasteiger charge is -2.09. The highest BCUT2D eigenvalue weighted by atomic mass is 16.5. The molecule has 1 aromatic heterocycles. The lowest BCUT2D eigenvalue weighted by Crippen LogP contribution is -2.14. The summed E-state index contributed by atoms with van der Waals surface area (Å²) >= 11 is 0. The number of aromatic nitrogens is 3. The molecule has 1 saturated carbocycles. The SMILES string of the molecule is Nc1cnn(CCOC2CCCC2)n1.